The molecule has 3 N–H and O–H groups in total. The van der Waals surface area contributed by atoms with Gasteiger partial charge in [-0.15, -0.1) is 0 Å². The first-order valence-electron chi connectivity index (χ1n) is 6.89. The second-order valence-corrected chi connectivity index (χ2v) is 5.74. The van der Waals surface area contributed by atoms with Crippen LogP contribution in [0.3, 0.4) is 0 Å². The van der Waals surface area contributed by atoms with Crippen LogP contribution in [0.2, 0.25) is 5.02 Å². The minimum Gasteiger partial charge on any atom is -0.390 e. The van der Waals surface area contributed by atoms with Crippen molar-refractivity contribution in [3.63, 3.8) is 0 Å². The molecule has 0 radical (unpaired) electrons. The molecule has 1 aromatic heterocycles. The Morgan fingerprint density at radius 3 is 2.91 bits per heavy atom. The summed E-state index contributed by atoms with van der Waals surface area (Å²) in [6, 6.07) is 6.30. The zero-order valence-electron chi connectivity index (χ0n) is 11.6. The van der Waals surface area contributed by atoms with E-state index in [2.05, 4.69) is 4.98 Å². The minimum atomic E-state index is -0.635. The van der Waals surface area contributed by atoms with Crippen LogP contribution in [-0.4, -0.2) is 16.0 Å². The van der Waals surface area contributed by atoms with Gasteiger partial charge in [0.05, 0.1) is 17.9 Å². The molecule has 0 fully saturated rings. The molecule has 1 aliphatic carbocycles. The fourth-order valence-electron chi connectivity index (χ4n) is 3.01. The van der Waals surface area contributed by atoms with E-state index >= 15 is 0 Å². The van der Waals surface area contributed by atoms with Crippen molar-refractivity contribution in [2.45, 2.75) is 25.4 Å². The molecule has 22 heavy (non-hydrogen) atoms. The van der Waals surface area contributed by atoms with Crippen LogP contribution >= 0.6 is 11.6 Å². The quantitative estimate of drug-likeness (QED) is 0.912. The second kappa shape index (κ2) is 5.66. The molecule has 0 unspecified atom stereocenters. The molecule has 4 nitrogen and oxygen atoms in total. The first kappa shape index (κ1) is 14.9. The number of primary amides is 1. The Balaban J connectivity index is 2.06. The van der Waals surface area contributed by atoms with Gasteiger partial charge in [0.2, 0.25) is 0 Å². The summed E-state index contributed by atoms with van der Waals surface area (Å²) >= 11 is 5.95. The highest BCUT2D eigenvalue weighted by molar-refractivity contribution is 6.30. The molecule has 2 aromatic rings. The van der Waals surface area contributed by atoms with Crippen LogP contribution in [0.5, 0.6) is 0 Å². The molecule has 1 heterocycles. The number of aromatic nitrogens is 1. The molecule has 0 bridgehead atoms. The third kappa shape index (κ3) is 2.46. The Kier molecular flexibility index (Phi) is 3.85. The minimum absolute atomic E-state index is 0.101. The van der Waals surface area contributed by atoms with Crippen LogP contribution in [0, 0.1) is 5.82 Å². The normalized spacial score (nSPS) is 16.6. The van der Waals surface area contributed by atoms with E-state index in [1.54, 1.807) is 18.2 Å². The van der Waals surface area contributed by atoms with Crippen LogP contribution in [0.4, 0.5) is 4.39 Å². The lowest BCUT2D eigenvalue weighted by atomic mass is 9.96. The van der Waals surface area contributed by atoms with Crippen molar-refractivity contribution in [3.05, 3.63) is 63.2 Å². The van der Waals surface area contributed by atoms with Gasteiger partial charge >= 0.3 is 0 Å². The lowest BCUT2D eigenvalue weighted by Crippen LogP contribution is -2.16. The van der Waals surface area contributed by atoms with E-state index in [0.717, 1.165) is 5.56 Å². The van der Waals surface area contributed by atoms with E-state index in [-0.39, 0.29) is 29.6 Å². The van der Waals surface area contributed by atoms with Crippen molar-refractivity contribution in [2.75, 3.05) is 0 Å². The molecule has 6 heteroatoms. The maximum Gasteiger partial charge on any atom is 0.250 e. The smallest absolute Gasteiger partial charge is 0.250 e. The number of halogens is 2. The molecule has 1 atom stereocenters. The number of carbonyl (C=O) groups excluding carboxylic acids is 1. The number of aliphatic hydroxyl groups excluding tert-OH is 1. The van der Waals surface area contributed by atoms with Crippen LogP contribution < -0.4 is 5.73 Å². The van der Waals surface area contributed by atoms with Gasteiger partial charge in [-0.05, 0) is 48.2 Å². The maximum atomic E-state index is 14.0. The van der Waals surface area contributed by atoms with Gasteiger partial charge in [0.1, 0.15) is 5.82 Å². The molecule has 1 aromatic carbocycles. The molecular weight excluding hydrogens is 307 g/mol. The number of carbonyl (C=O) groups is 1. The van der Waals surface area contributed by atoms with E-state index in [1.165, 1.54) is 6.07 Å². The average molecular weight is 321 g/mol. The molecule has 1 aliphatic rings. The van der Waals surface area contributed by atoms with Crippen LogP contribution in [0.25, 0.3) is 0 Å². The number of amides is 1. The summed E-state index contributed by atoms with van der Waals surface area (Å²) in [4.78, 5) is 15.6. The summed E-state index contributed by atoms with van der Waals surface area (Å²) in [7, 11) is 0. The highest BCUT2D eigenvalue weighted by Gasteiger charge is 2.28. The largest absolute Gasteiger partial charge is 0.390 e. The van der Waals surface area contributed by atoms with E-state index in [1.807, 2.05) is 0 Å². The predicted molar refractivity (Wildman–Crippen MR) is 80.3 cm³/mol. The first-order chi connectivity index (χ1) is 10.5. The highest BCUT2D eigenvalue weighted by Crippen LogP contribution is 2.40. The summed E-state index contributed by atoms with van der Waals surface area (Å²) in [5.74, 6) is -1.04. The summed E-state index contributed by atoms with van der Waals surface area (Å²) in [6.07, 6.45) is 1.32. The third-order valence-electron chi connectivity index (χ3n) is 4.02. The summed E-state index contributed by atoms with van der Waals surface area (Å²) in [6.45, 7) is -0.379. The number of nitrogens with zero attached hydrogens (tertiary/aromatic N) is 1. The Hall–Kier alpha value is -1.98. The fourth-order valence-corrected chi connectivity index (χ4v) is 3.22. The van der Waals surface area contributed by atoms with Crippen LogP contribution in [0.15, 0.2) is 24.3 Å². The monoisotopic (exact) mass is 320 g/mol. The van der Waals surface area contributed by atoms with Gasteiger partial charge < -0.3 is 10.8 Å². The highest BCUT2D eigenvalue weighted by atomic mass is 35.5. The van der Waals surface area contributed by atoms with Gasteiger partial charge in [-0.1, -0.05) is 11.6 Å². The Labute approximate surface area is 131 Å². The third-order valence-corrected chi connectivity index (χ3v) is 4.24. The number of rotatable bonds is 3. The molecule has 0 spiro atoms. The summed E-state index contributed by atoms with van der Waals surface area (Å²) in [5, 5.41) is 9.71. The average Bonchev–Trinajstić information content (AvgIpc) is 2.90. The van der Waals surface area contributed by atoms with Gasteiger partial charge in [-0.25, -0.2) is 4.39 Å². The van der Waals surface area contributed by atoms with Gasteiger partial charge in [0, 0.05) is 16.6 Å². The first-order valence-corrected chi connectivity index (χ1v) is 7.27. The van der Waals surface area contributed by atoms with E-state index < -0.39 is 5.91 Å². The van der Waals surface area contributed by atoms with Crippen LogP contribution in [-0.2, 0) is 13.0 Å². The summed E-state index contributed by atoms with van der Waals surface area (Å²) in [5.41, 5.74) is 7.83. The maximum absolute atomic E-state index is 14.0. The number of hydrogen-bond donors (Lipinski definition) is 2. The zero-order valence-corrected chi connectivity index (χ0v) is 12.4. The van der Waals surface area contributed by atoms with Crippen molar-refractivity contribution < 1.29 is 14.3 Å². The Morgan fingerprint density at radius 1 is 1.45 bits per heavy atom. The van der Waals surface area contributed by atoms with E-state index in [4.69, 9.17) is 17.3 Å². The van der Waals surface area contributed by atoms with Crippen molar-refractivity contribution in [1.29, 1.82) is 0 Å². The van der Waals surface area contributed by atoms with Crippen molar-refractivity contribution in [2.24, 2.45) is 5.73 Å². The van der Waals surface area contributed by atoms with Gasteiger partial charge in [-0.3, -0.25) is 9.78 Å². The Bertz CT molecular complexity index is 764. The van der Waals surface area contributed by atoms with Crippen molar-refractivity contribution >= 4 is 17.5 Å². The predicted octanol–water partition coefficient (Wildman–Crippen LogP) is 2.54. The SMILES string of the molecule is NC(=O)c1ccc([C@@H]2CCc3c(F)cc(Cl)cc32)nc1CO. The Morgan fingerprint density at radius 2 is 2.23 bits per heavy atom. The standard InChI is InChI=1S/C16H14ClFN2O2/c17-8-5-12-9(13(18)6-8)1-2-10(12)14-4-3-11(16(19)22)15(7-21)20-14/h3-6,10,21H,1-2,7H2,(H2,19,22)/t10-/m1/s1. The van der Waals surface area contributed by atoms with Crippen LogP contribution in [0.1, 0.15) is 45.2 Å². The number of nitrogens with two attached hydrogens (primary N) is 1. The number of fused-ring (bicyclic) bond motifs is 1. The van der Waals surface area contributed by atoms with E-state index in [9.17, 15) is 14.3 Å². The number of pyridine rings is 1. The van der Waals surface area contributed by atoms with E-state index in [0.29, 0.717) is 29.1 Å². The number of aliphatic hydroxyl groups is 1. The lowest BCUT2D eigenvalue weighted by molar-refractivity contribution is 0.0996. The lowest BCUT2D eigenvalue weighted by Gasteiger charge is -2.14. The van der Waals surface area contributed by atoms with Gasteiger partial charge in [-0.2, -0.15) is 0 Å². The molecule has 114 valence electrons. The second-order valence-electron chi connectivity index (χ2n) is 5.30. The topological polar surface area (TPSA) is 76.2 Å². The molecule has 0 saturated carbocycles. The molecule has 0 saturated heterocycles. The molecule has 0 aliphatic heterocycles. The van der Waals surface area contributed by atoms with Crippen molar-refractivity contribution in [3.8, 4) is 0 Å². The molecule has 3 rings (SSSR count). The zero-order chi connectivity index (χ0) is 15.9. The molecular formula is C16H14ClFN2O2. The number of hydrogen-bond acceptors (Lipinski definition) is 3. The fraction of sp³-hybridized carbons (Fsp3) is 0.250. The van der Waals surface area contributed by atoms with Gasteiger partial charge in [0.15, 0.2) is 0 Å². The number of benzene rings is 1. The van der Waals surface area contributed by atoms with Gasteiger partial charge in [0.25, 0.3) is 5.91 Å². The van der Waals surface area contributed by atoms with Crippen molar-refractivity contribution in [1.82, 2.24) is 4.98 Å². The summed E-state index contributed by atoms with van der Waals surface area (Å²) < 4.78 is 14.0. The molecule has 1 amide bonds.